The lowest BCUT2D eigenvalue weighted by Crippen LogP contribution is -2.40. The Balaban J connectivity index is 1.38. The van der Waals surface area contributed by atoms with E-state index < -0.39 is 0 Å². The molecule has 0 spiro atoms. The van der Waals surface area contributed by atoms with E-state index in [1.165, 1.54) is 45.3 Å². The molecule has 0 amide bonds. The van der Waals surface area contributed by atoms with Gasteiger partial charge in [-0.25, -0.2) is 0 Å². The SMILES string of the molecule is CC1CCN(CCNC2Cc3ccccc3C2)CC1. The van der Waals surface area contributed by atoms with Crippen LogP contribution in [0.2, 0.25) is 0 Å². The Morgan fingerprint density at radius 1 is 1.11 bits per heavy atom. The molecule has 0 radical (unpaired) electrons. The predicted molar refractivity (Wildman–Crippen MR) is 80.5 cm³/mol. The fraction of sp³-hybridized carbons (Fsp3) is 0.647. The summed E-state index contributed by atoms with van der Waals surface area (Å²) in [6.45, 7) is 7.35. The molecule has 2 nitrogen and oxygen atoms in total. The van der Waals surface area contributed by atoms with Crippen molar-refractivity contribution in [1.29, 1.82) is 0 Å². The van der Waals surface area contributed by atoms with E-state index in [9.17, 15) is 0 Å². The zero-order chi connectivity index (χ0) is 13.1. The van der Waals surface area contributed by atoms with E-state index in [1.54, 1.807) is 11.1 Å². The molecule has 0 saturated carbocycles. The van der Waals surface area contributed by atoms with Crippen LogP contribution in [-0.4, -0.2) is 37.1 Å². The van der Waals surface area contributed by atoms with Crippen LogP contribution in [0.1, 0.15) is 30.9 Å². The molecule has 0 aromatic heterocycles. The lowest BCUT2D eigenvalue weighted by molar-refractivity contribution is 0.191. The number of nitrogens with one attached hydrogen (secondary N) is 1. The lowest BCUT2D eigenvalue weighted by Gasteiger charge is -2.30. The summed E-state index contributed by atoms with van der Waals surface area (Å²) < 4.78 is 0. The van der Waals surface area contributed by atoms with Crippen molar-refractivity contribution in [1.82, 2.24) is 10.2 Å². The highest BCUT2D eigenvalue weighted by molar-refractivity contribution is 5.33. The molecule has 0 atom stereocenters. The molecule has 3 rings (SSSR count). The molecule has 19 heavy (non-hydrogen) atoms. The van der Waals surface area contributed by atoms with Crippen LogP contribution in [-0.2, 0) is 12.8 Å². The fourth-order valence-corrected chi connectivity index (χ4v) is 3.42. The van der Waals surface area contributed by atoms with Crippen molar-refractivity contribution < 1.29 is 0 Å². The highest BCUT2D eigenvalue weighted by Crippen LogP contribution is 2.21. The third kappa shape index (κ3) is 3.37. The molecule has 1 heterocycles. The summed E-state index contributed by atoms with van der Waals surface area (Å²) in [7, 11) is 0. The van der Waals surface area contributed by atoms with Crippen molar-refractivity contribution in [2.45, 2.75) is 38.6 Å². The number of benzene rings is 1. The molecule has 1 saturated heterocycles. The molecule has 1 aliphatic heterocycles. The Morgan fingerprint density at radius 2 is 1.74 bits per heavy atom. The first-order chi connectivity index (χ1) is 9.31. The van der Waals surface area contributed by atoms with Gasteiger partial charge in [-0.3, -0.25) is 0 Å². The molecule has 2 aliphatic rings. The van der Waals surface area contributed by atoms with Crippen molar-refractivity contribution in [2.24, 2.45) is 5.92 Å². The van der Waals surface area contributed by atoms with Crippen molar-refractivity contribution in [2.75, 3.05) is 26.2 Å². The van der Waals surface area contributed by atoms with Crippen LogP contribution < -0.4 is 5.32 Å². The second-order valence-corrected chi connectivity index (χ2v) is 6.35. The summed E-state index contributed by atoms with van der Waals surface area (Å²) >= 11 is 0. The van der Waals surface area contributed by atoms with Gasteiger partial charge in [0.15, 0.2) is 0 Å². The molecule has 0 bridgehead atoms. The van der Waals surface area contributed by atoms with Gasteiger partial charge < -0.3 is 10.2 Å². The first kappa shape index (κ1) is 13.1. The van der Waals surface area contributed by atoms with Crippen LogP contribution in [0.3, 0.4) is 0 Å². The summed E-state index contributed by atoms with van der Waals surface area (Å²) in [6.07, 6.45) is 5.20. The Hall–Kier alpha value is -0.860. The Labute approximate surface area is 117 Å². The van der Waals surface area contributed by atoms with Crippen LogP contribution in [0.5, 0.6) is 0 Å². The largest absolute Gasteiger partial charge is 0.312 e. The molecule has 0 unspecified atom stereocenters. The smallest absolute Gasteiger partial charge is 0.0149 e. The highest BCUT2D eigenvalue weighted by Gasteiger charge is 2.20. The molecular formula is C17H26N2. The Bertz CT molecular complexity index is 382. The van der Waals surface area contributed by atoms with Crippen LogP contribution >= 0.6 is 0 Å². The number of fused-ring (bicyclic) bond motifs is 1. The monoisotopic (exact) mass is 258 g/mol. The Kier molecular flexibility index (Phi) is 4.19. The molecule has 1 N–H and O–H groups in total. The van der Waals surface area contributed by atoms with Crippen molar-refractivity contribution in [3.8, 4) is 0 Å². The van der Waals surface area contributed by atoms with Gasteiger partial charge in [0.1, 0.15) is 0 Å². The van der Waals surface area contributed by atoms with Crippen LogP contribution in [0.25, 0.3) is 0 Å². The van der Waals surface area contributed by atoms with E-state index in [-0.39, 0.29) is 0 Å². The van der Waals surface area contributed by atoms with Gasteiger partial charge in [-0.05, 0) is 55.8 Å². The van der Waals surface area contributed by atoms with Crippen molar-refractivity contribution >= 4 is 0 Å². The predicted octanol–water partition coefficient (Wildman–Crippen LogP) is 2.48. The third-order valence-corrected chi connectivity index (χ3v) is 4.79. The molecular weight excluding hydrogens is 232 g/mol. The summed E-state index contributed by atoms with van der Waals surface area (Å²) in [6, 6.07) is 9.55. The van der Waals surface area contributed by atoms with E-state index >= 15 is 0 Å². The molecule has 1 aromatic carbocycles. The standard InChI is InChI=1S/C17H26N2/c1-14-6-9-19(10-7-14)11-8-18-17-12-15-4-2-3-5-16(15)13-17/h2-5,14,17-18H,6-13H2,1H3. The van der Waals surface area contributed by atoms with Crippen molar-refractivity contribution in [3.05, 3.63) is 35.4 Å². The van der Waals surface area contributed by atoms with E-state index in [1.807, 2.05) is 0 Å². The van der Waals surface area contributed by atoms with E-state index in [0.717, 1.165) is 12.5 Å². The van der Waals surface area contributed by atoms with Crippen LogP contribution in [0.4, 0.5) is 0 Å². The number of rotatable bonds is 4. The fourth-order valence-electron chi connectivity index (χ4n) is 3.42. The summed E-state index contributed by atoms with van der Waals surface area (Å²) in [5.74, 6) is 0.938. The van der Waals surface area contributed by atoms with Gasteiger partial charge in [0.05, 0.1) is 0 Å². The van der Waals surface area contributed by atoms with Gasteiger partial charge in [0.25, 0.3) is 0 Å². The zero-order valence-electron chi connectivity index (χ0n) is 12.1. The van der Waals surface area contributed by atoms with Crippen LogP contribution in [0, 0.1) is 5.92 Å². The van der Waals surface area contributed by atoms with Gasteiger partial charge in [0.2, 0.25) is 0 Å². The van der Waals surface area contributed by atoms with E-state index in [2.05, 4.69) is 41.4 Å². The summed E-state index contributed by atoms with van der Waals surface area (Å²) in [5.41, 5.74) is 3.10. The van der Waals surface area contributed by atoms with E-state index in [4.69, 9.17) is 0 Å². The van der Waals surface area contributed by atoms with Gasteiger partial charge in [-0.15, -0.1) is 0 Å². The average Bonchev–Trinajstić information content (AvgIpc) is 2.83. The minimum absolute atomic E-state index is 0.668. The first-order valence-corrected chi connectivity index (χ1v) is 7.84. The van der Waals surface area contributed by atoms with Crippen molar-refractivity contribution in [3.63, 3.8) is 0 Å². The topological polar surface area (TPSA) is 15.3 Å². The number of likely N-dealkylation sites (tertiary alicyclic amines) is 1. The summed E-state index contributed by atoms with van der Waals surface area (Å²) in [4.78, 5) is 2.62. The Morgan fingerprint density at radius 3 is 2.37 bits per heavy atom. The van der Waals surface area contributed by atoms with Gasteiger partial charge in [-0.1, -0.05) is 31.2 Å². The number of nitrogens with zero attached hydrogens (tertiary/aromatic N) is 1. The molecule has 1 fully saturated rings. The second-order valence-electron chi connectivity index (χ2n) is 6.35. The molecule has 1 aliphatic carbocycles. The van der Waals surface area contributed by atoms with Crippen LogP contribution in [0.15, 0.2) is 24.3 Å². The third-order valence-electron chi connectivity index (χ3n) is 4.79. The minimum Gasteiger partial charge on any atom is -0.312 e. The molecule has 1 aromatic rings. The van der Waals surface area contributed by atoms with E-state index in [0.29, 0.717) is 6.04 Å². The number of hydrogen-bond donors (Lipinski definition) is 1. The molecule has 2 heteroatoms. The van der Waals surface area contributed by atoms with Gasteiger partial charge >= 0.3 is 0 Å². The first-order valence-electron chi connectivity index (χ1n) is 7.84. The second kappa shape index (κ2) is 6.06. The maximum Gasteiger partial charge on any atom is 0.0149 e. The highest BCUT2D eigenvalue weighted by atomic mass is 15.1. The minimum atomic E-state index is 0.668. The number of piperidine rings is 1. The quantitative estimate of drug-likeness (QED) is 0.892. The molecule has 104 valence electrons. The maximum atomic E-state index is 3.75. The zero-order valence-corrected chi connectivity index (χ0v) is 12.1. The van der Waals surface area contributed by atoms with Gasteiger partial charge in [-0.2, -0.15) is 0 Å². The van der Waals surface area contributed by atoms with Gasteiger partial charge in [0, 0.05) is 19.1 Å². The lowest BCUT2D eigenvalue weighted by atomic mass is 9.99. The normalized spacial score (nSPS) is 21.7. The summed E-state index contributed by atoms with van der Waals surface area (Å²) in [5, 5.41) is 3.75. The number of hydrogen-bond acceptors (Lipinski definition) is 2. The average molecular weight is 258 g/mol. The maximum absolute atomic E-state index is 3.75.